The Bertz CT molecular complexity index is 451. The number of hydrogen-bond donors (Lipinski definition) is 0. The zero-order chi connectivity index (χ0) is 12.7. The van der Waals surface area contributed by atoms with E-state index in [1.807, 2.05) is 12.1 Å². The van der Waals surface area contributed by atoms with Gasteiger partial charge in [-0.2, -0.15) is 0 Å². The van der Waals surface area contributed by atoms with Gasteiger partial charge in [0.15, 0.2) is 0 Å². The Balaban J connectivity index is 1.84. The van der Waals surface area contributed by atoms with Crippen LogP contribution in [0.15, 0.2) is 22.7 Å². The third-order valence-electron chi connectivity index (χ3n) is 4.17. The maximum atomic E-state index is 13.3. The van der Waals surface area contributed by atoms with Gasteiger partial charge in [0.25, 0.3) is 0 Å². The lowest BCUT2D eigenvalue weighted by Crippen LogP contribution is -2.55. The van der Waals surface area contributed by atoms with Crippen molar-refractivity contribution in [2.45, 2.75) is 31.8 Å². The van der Waals surface area contributed by atoms with Gasteiger partial charge in [-0.05, 0) is 60.4 Å². The molecule has 2 nitrogen and oxygen atoms in total. The Kier molecular flexibility index (Phi) is 3.32. The fraction of sp³-hybridized carbons (Fsp3) is 0.571. The Morgan fingerprint density at radius 2 is 2.17 bits per heavy atom. The molecule has 2 heterocycles. The summed E-state index contributed by atoms with van der Waals surface area (Å²) in [5.41, 5.74) is 1.13. The summed E-state index contributed by atoms with van der Waals surface area (Å²) in [7, 11) is 0. The molecule has 4 heteroatoms. The first-order valence-electron chi connectivity index (χ1n) is 6.61. The fourth-order valence-electron chi connectivity index (χ4n) is 3.21. The zero-order valence-electron chi connectivity index (χ0n) is 10.6. The first-order chi connectivity index (χ1) is 8.65. The maximum absolute atomic E-state index is 13.3. The normalized spacial score (nSPS) is 28.5. The Morgan fingerprint density at radius 1 is 1.33 bits per heavy atom. The van der Waals surface area contributed by atoms with Gasteiger partial charge in [-0.15, -0.1) is 0 Å². The SMILES string of the molecule is CC1CN2CCCC2CN1c1ccc(F)c(Br)c1. The average Bonchev–Trinajstić information content (AvgIpc) is 2.79. The minimum Gasteiger partial charge on any atom is -0.366 e. The topological polar surface area (TPSA) is 6.48 Å². The molecule has 2 atom stereocenters. The lowest BCUT2D eigenvalue weighted by Gasteiger charge is -2.43. The molecule has 98 valence electrons. The molecule has 0 saturated carbocycles. The molecule has 0 amide bonds. The second-order valence-electron chi connectivity index (χ2n) is 5.39. The lowest BCUT2D eigenvalue weighted by molar-refractivity contribution is 0.203. The average molecular weight is 313 g/mol. The molecule has 0 aromatic heterocycles. The van der Waals surface area contributed by atoms with E-state index in [0.717, 1.165) is 18.8 Å². The third-order valence-corrected chi connectivity index (χ3v) is 4.78. The third kappa shape index (κ3) is 2.16. The van der Waals surface area contributed by atoms with Crippen LogP contribution < -0.4 is 4.90 Å². The van der Waals surface area contributed by atoms with Crippen molar-refractivity contribution in [2.24, 2.45) is 0 Å². The largest absolute Gasteiger partial charge is 0.366 e. The summed E-state index contributed by atoms with van der Waals surface area (Å²) >= 11 is 3.28. The molecule has 0 radical (unpaired) electrons. The molecular formula is C14H18BrFN2. The van der Waals surface area contributed by atoms with Gasteiger partial charge in [-0.1, -0.05) is 0 Å². The first-order valence-corrected chi connectivity index (χ1v) is 7.40. The molecule has 1 aromatic carbocycles. The number of anilines is 1. The number of halogens is 2. The van der Waals surface area contributed by atoms with Crippen LogP contribution in [0.2, 0.25) is 0 Å². The summed E-state index contributed by atoms with van der Waals surface area (Å²) in [5.74, 6) is -0.189. The van der Waals surface area contributed by atoms with Crippen molar-refractivity contribution < 1.29 is 4.39 Å². The van der Waals surface area contributed by atoms with Crippen molar-refractivity contribution in [2.75, 3.05) is 24.5 Å². The molecule has 0 aliphatic carbocycles. The van der Waals surface area contributed by atoms with Crippen molar-refractivity contribution in [3.8, 4) is 0 Å². The Hall–Kier alpha value is -0.610. The molecule has 0 bridgehead atoms. The molecule has 18 heavy (non-hydrogen) atoms. The van der Waals surface area contributed by atoms with Crippen LogP contribution in [0.5, 0.6) is 0 Å². The Labute approximate surface area is 116 Å². The van der Waals surface area contributed by atoms with Gasteiger partial charge in [0.05, 0.1) is 4.47 Å². The molecule has 2 unspecified atom stereocenters. The van der Waals surface area contributed by atoms with E-state index in [2.05, 4.69) is 32.7 Å². The number of piperazine rings is 1. The standard InChI is InChI=1S/C14H18BrFN2/c1-10-8-17-6-2-3-12(17)9-18(10)11-4-5-14(16)13(15)7-11/h4-5,7,10,12H,2-3,6,8-9H2,1H3. The van der Waals surface area contributed by atoms with Gasteiger partial charge in [0.2, 0.25) is 0 Å². The van der Waals surface area contributed by atoms with Crippen LogP contribution in [0.3, 0.4) is 0 Å². The minimum absolute atomic E-state index is 0.189. The highest BCUT2D eigenvalue weighted by Gasteiger charge is 2.34. The predicted molar refractivity (Wildman–Crippen MR) is 75.5 cm³/mol. The van der Waals surface area contributed by atoms with Crippen LogP contribution >= 0.6 is 15.9 Å². The van der Waals surface area contributed by atoms with E-state index >= 15 is 0 Å². The van der Waals surface area contributed by atoms with Gasteiger partial charge in [0, 0.05) is 30.9 Å². The van der Waals surface area contributed by atoms with E-state index in [-0.39, 0.29) is 5.82 Å². The zero-order valence-corrected chi connectivity index (χ0v) is 12.2. The van der Waals surface area contributed by atoms with E-state index in [1.165, 1.54) is 19.4 Å². The number of benzene rings is 1. The quantitative estimate of drug-likeness (QED) is 0.785. The second kappa shape index (κ2) is 4.82. The summed E-state index contributed by atoms with van der Waals surface area (Å²) < 4.78 is 13.9. The number of hydrogen-bond acceptors (Lipinski definition) is 2. The highest BCUT2D eigenvalue weighted by atomic mass is 79.9. The summed E-state index contributed by atoms with van der Waals surface area (Å²) in [4.78, 5) is 5.01. The van der Waals surface area contributed by atoms with Crippen molar-refractivity contribution in [1.29, 1.82) is 0 Å². The van der Waals surface area contributed by atoms with E-state index < -0.39 is 0 Å². The monoisotopic (exact) mass is 312 g/mol. The number of fused-ring (bicyclic) bond motifs is 1. The predicted octanol–water partition coefficient (Wildman–Crippen LogP) is 3.26. The van der Waals surface area contributed by atoms with Crippen molar-refractivity contribution >= 4 is 21.6 Å². The highest BCUT2D eigenvalue weighted by molar-refractivity contribution is 9.10. The Morgan fingerprint density at radius 3 is 2.94 bits per heavy atom. The number of rotatable bonds is 1. The van der Waals surface area contributed by atoms with Gasteiger partial charge in [0.1, 0.15) is 5.82 Å². The van der Waals surface area contributed by atoms with Crippen LogP contribution in [0, 0.1) is 5.82 Å². The fourth-order valence-corrected chi connectivity index (χ4v) is 3.58. The van der Waals surface area contributed by atoms with Crippen LogP contribution in [-0.2, 0) is 0 Å². The smallest absolute Gasteiger partial charge is 0.137 e. The van der Waals surface area contributed by atoms with Crippen molar-refractivity contribution in [3.63, 3.8) is 0 Å². The molecule has 0 N–H and O–H groups in total. The molecular weight excluding hydrogens is 295 g/mol. The van der Waals surface area contributed by atoms with E-state index in [1.54, 1.807) is 6.07 Å². The molecule has 2 fully saturated rings. The maximum Gasteiger partial charge on any atom is 0.137 e. The van der Waals surface area contributed by atoms with Crippen LogP contribution in [0.1, 0.15) is 19.8 Å². The number of nitrogens with zero attached hydrogens (tertiary/aromatic N) is 2. The van der Waals surface area contributed by atoms with E-state index in [4.69, 9.17) is 0 Å². The van der Waals surface area contributed by atoms with Crippen molar-refractivity contribution in [3.05, 3.63) is 28.5 Å². The summed E-state index contributed by atoms with van der Waals surface area (Å²) in [6.07, 6.45) is 2.62. The van der Waals surface area contributed by atoms with Crippen molar-refractivity contribution in [1.82, 2.24) is 4.90 Å². The van der Waals surface area contributed by atoms with Gasteiger partial charge in [-0.3, -0.25) is 4.90 Å². The summed E-state index contributed by atoms with van der Waals surface area (Å²) in [6.45, 7) is 5.70. The molecule has 2 saturated heterocycles. The van der Waals surface area contributed by atoms with Gasteiger partial charge < -0.3 is 4.90 Å². The molecule has 2 aliphatic heterocycles. The second-order valence-corrected chi connectivity index (χ2v) is 6.25. The summed E-state index contributed by atoms with van der Waals surface area (Å²) in [6, 6.07) is 6.52. The van der Waals surface area contributed by atoms with E-state index in [9.17, 15) is 4.39 Å². The van der Waals surface area contributed by atoms with E-state index in [0.29, 0.717) is 16.6 Å². The minimum atomic E-state index is -0.189. The molecule has 3 rings (SSSR count). The molecule has 1 aromatic rings. The van der Waals surface area contributed by atoms with Crippen LogP contribution in [-0.4, -0.2) is 36.6 Å². The summed E-state index contributed by atoms with van der Waals surface area (Å²) in [5, 5.41) is 0. The van der Waals surface area contributed by atoms with Crippen LogP contribution in [0.25, 0.3) is 0 Å². The van der Waals surface area contributed by atoms with Gasteiger partial charge >= 0.3 is 0 Å². The van der Waals surface area contributed by atoms with Gasteiger partial charge in [-0.25, -0.2) is 4.39 Å². The lowest BCUT2D eigenvalue weighted by atomic mass is 10.1. The molecule has 0 spiro atoms. The molecule has 2 aliphatic rings. The van der Waals surface area contributed by atoms with Crippen LogP contribution in [0.4, 0.5) is 10.1 Å². The first kappa shape index (κ1) is 12.4. The highest BCUT2D eigenvalue weighted by Crippen LogP contribution is 2.30.